The van der Waals surface area contributed by atoms with Gasteiger partial charge in [0.15, 0.2) is 0 Å². The maximum absolute atomic E-state index is 12.6. The highest BCUT2D eigenvalue weighted by atomic mass is 32.2. The van der Waals surface area contributed by atoms with Crippen molar-refractivity contribution in [2.75, 3.05) is 5.32 Å². The normalized spacial score (nSPS) is 11.6. The summed E-state index contributed by atoms with van der Waals surface area (Å²) in [6.07, 6.45) is 3.88. The molecular weight excluding hydrogens is 292 g/mol. The highest BCUT2D eigenvalue weighted by Gasteiger charge is 2.29. The lowest BCUT2D eigenvalue weighted by molar-refractivity contribution is 0.234. The monoisotopic (exact) mass is 301 g/mol. The van der Waals surface area contributed by atoms with Crippen LogP contribution in [0.25, 0.3) is 0 Å². The number of carbonyl (C=O) groups is 1. The molecule has 1 N–H and O–H groups in total. The largest absolute Gasteiger partial charge is 0.341 e. The molecule has 0 unspecified atom stereocenters. The first kappa shape index (κ1) is 14.1. The van der Waals surface area contributed by atoms with Crippen LogP contribution in [0.15, 0.2) is 47.9 Å². The summed E-state index contributed by atoms with van der Waals surface area (Å²) in [6, 6.07) is 4.24. The third-order valence-corrected chi connectivity index (χ3v) is 3.85. The van der Waals surface area contributed by atoms with Crippen LogP contribution in [0.2, 0.25) is 0 Å². The zero-order valence-corrected chi connectivity index (χ0v) is 10.7. The Bertz CT molecular complexity index is 714. The number of nitrogens with zero attached hydrogens (tertiary/aromatic N) is 2. The van der Waals surface area contributed by atoms with Gasteiger partial charge in [0.1, 0.15) is 6.33 Å². The van der Waals surface area contributed by atoms with E-state index in [0.29, 0.717) is 0 Å². The number of hydrogen-bond acceptors (Lipinski definition) is 4. The van der Waals surface area contributed by atoms with Gasteiger partial charge in [-0.1, -0.05) is 12.1 Å². The van der Waals surface area contributed by atoms with Crippen LogP contribution in [0.1, 0.15) is 0 Å². The van der Waals surface area contributed by atoms with Gasteiger partial charge in [0.2, 0.25) is 9.84 Å². The minimum absolute atomic E-state index is 0.216. The van der Waals surface area contributed by atoms with E-state index in [2.05, 4.69) is 10.3 Å². The summed E-state index contributed by atoms with van der Waals surface area (Å²) in [5.74, 6) is -3.56. The van der Waals surface area contributed by atoms with Gasteiger partial charge in [-0.05, 0) is 12.1 Å². The van der Waals surface area contributed by atoms with Crippen molar-refractivity contribution in [3.05, 3.63) is 43.0 Å². The molecule has 2 rings (SSSR count). The van der Waals surface area contributed by atoms with Crippen molar-refractivity contribution < 1.29 is 22.0 Å². The van der Waals surface area contributed by atoms with Crippen LogP contribution in [-0.2, 0) is 9.84 Å². The topological polar surface area (TPSA) is 81.1 Å². The molecule has 0 bridgehead atoms. The average molecular weight is 301 g/mol. The second-order valence-corrected chi connectivity index (χ2v) is 5.59. The molecule has 106 valence electrons. The zero-order valence-electron chi connectivity index (χ0n) is 9.90. The van der Waals surface area contributed by atoms with E-state index in [9.17, 15) is 22.0 Å². The number of imidazole rings is 1. The molecule has 6 nitrogen and oxygen atoms in total. The van der Waals surface area contributed by atoms with E-state index >= 15 is 0 Å². The summed E-state index contributed by atoms with van der Waals surface area (Å²) < 4.78 is 49.2. The van der Waals surface area contributed by atoms with E-state index in [1.54, 1.807) is 0 Å². The van der Waals surface area contributed by atoms with Crippen molar-refractivity contribution in [1.82, 2.24) is 9.55 Å². The van der Waals surface area contributed by atoms with Gasteiger partial charge in [0.25, 0.3) is 0 Å². The maximum atomic E-state index is 12.6. The first-order chi connectivity index (χ1) is 9.43. The smallest absolute Gasteiger partial charge is 0.306 e. The molecule has 0 spiro atoms. The summed E-state index contributed by atoms with van der Waals surface area (Å²) in [4.78, 5) is 14.8. The molecule has 1 amide bonds. The molecule has 1 aromatic carbocycles. The summed E-state index contributed by atoms with van der Waals surface area (Å²) in [6.45, 7) is 0. The lowest BCUT2D eigenvalue weighted by Gasteiger charge is -2.11. The van der Waals surface area contributed by atoms with Crippen LogP contribution >= 0.6 is 0 Å². The highest BCUT2D eigenvalue weighted by molar-refractivity contribution is 7.91. The fraction of sp³-hybridized carbons (Fsp3) is 0.0909. The third kappa shape index (κ3) is 2.67. The Balaban J connectivity index is 2.37. The summed E-state index contributed by atoms with van der Waals surface area (Å²) in [5, 5.41) is 2.25. The second kappa shape index (κ2) is 5.37. The number of anilines is 1. The number of rotatable bonds is 3. The van der Waals surface area contributed by atoms with Crippen molar-refractivity contribution in [3.8, 4) is 0 Å². The molecule has 0 saturated heterocycles. The van der Waals surface area contributed by atoms with E-state index in [4.69, 9.17) is 0 Å². The van der Waals surface area contributed by atoms with Gasteiger partial charge in [-0.2, -0.15) is 8.78 Å². The average Bonchev–Trinajstić information content (AvgIpc) is 2.93. The molecule has 1 heterocycles. The number of sulfone groups is 1. The van der Waals surface area contributed by atoms with E-state index in [0.717, 1.165) is 10.6 Å². The SMILES string of the molecule is O=C(Nc1ccccc1S(=O)(=O)C(F)F)n1ccnc1. The molecule has 0 aliphatic carbocycles. The first-order valence-electron chi connectivity index (χ1n) is 5.33. The standard InChI is InChI=1S/C11H9F2N3O3S/c12-10(13)20(18,19)9-4-2-1-3-8(9)15-11(17)16-6-5-14-7-16/h1-7,10H,(H,15,17). The second-order valence-electron chi connectivity index (χ2n) is 3.70. The molecule has 20 heavy (non-hydrogen) atoms. The highest BCUT2D eigenvalue weighted by Crippen LogP contribution is 2.26. The quantitative estimate of drug-likeness (QED) is 0.939. The number of amides is 1. The van der Waals surface area contributed by atoms with Crippen molar-refractivity contribution in [2.24, 2.45) is 0 Å². The van der Waals surface area contributed by atoms with Crippen LogP contribution < -0.4 is 5.32 Å². The van der Waals surface area contributed by atoms with Crippen LogP contribution in [0.3, 0.4) is 0 Å². The number of halogens is 2. The number of nitrogens with one attached hydrogen (secondary N) is 1. The molecule has 0 fully saturated rings. The van der Waals surface area contributed by atoms with Crippen molar-refractivity contribution in [1.29, 1.82) is 0 Å². The number of hydrogen-bond donors (Lipinski definition) is 1. The lowest BCUT2D eigenvalue weighted by Crippen LogP contribution is -2.21. The Morgan fingerprint density at radius 2 is 2.00 bits per heavy atom. The summed E-state index contributed by atoms with van der Waals surface area (Å²) in [5.41, 5.74) is -0.216. The maximum Gasteiger partial charge on any atom is 0.341 e. The van der Waals surface area contributed by atoms with E-state index in [-0.39, 0.29) is 5.69 Å². The Kier molecular flexibility index (Phi) is 3.79. The van der Waals surface area contributed by atoms with E-state index < -0.39 is 26.5 Å². The number of para-hydroxylation sites is 1. The van der Waals surface area contributed by atoms with Crippen molar-refractivity contribution in [2.45, 2.75) is 10.7 Å². The van der Waals surface area contributed by atoms with Crippen LogP contribution in [0.4, 0.5) is 19.3 Å². The molecule has 0 atom stereocenters. The number of aromatic nitrogens is 2. The third-order valence-electron chi connectivity index (χ3n) is 2.41. The summed E-state index contributed by atoms with van der Waals surface area (Å²) in [7, 11) is -4.79. The van der Waals surface area contributed by atoms with Crippen LogP contribution in [0, 0.1) is 0 Å². The predicted molar refractivity (Wildman–Crippen MR) is 66.3 cm³/mol. The molecule has 0 aliphatic rings. The lowest BCUT2D eigenvalue weighted by atomic mass is 10.3. The summed E-state index contributed by atoms with van der Waals surface area (Å²) >= 11 is 0. The number of carbonyl (C=O) groups excluding carboxylic acids is 1. The van der Waals surface area contributed by atoms with Gasteiger partial charge in [0.05, 0.1) is 10.6 Å². The first-order valence-corrected chi connectivity index (χ1v) is 6.88. The Hall–Kier alpha value is -2.29. The van der Waals surface area contributed by atoms with Crippen molar-refractivity contribution >= 4 is 21.6 Å². The Morgan fingerprint density at radius 3 is 2.60 bits per heavy atom. The molecule has 9 heteroatoms. The van der Waals surface area contributed by atoms with Crippen LogP contribution in [-0.4, -0.2) is 29.8 Å². The van der Waals surface area contributed by atoms with Crippen molar-refractivity contribution in [3.63, 3.8) is 0 Å². The van der Waals surface area contributed by atoms with Gasteiger partial charge in [-0.15, -0.1) is 0 Å². The molecule has 0 aliphatic heterocycles. The van der Waals surface area contributed by atoms with Gasteiger partial charge in [0, 0.05) is 12.4 Å². The fourth-order valence-corrected chi connectivity index (χ4v) is 2.36. The van der Waals surface area contributed by atoms with Gasteiger partial charge < -0.3 is 5.32 Å². The molecule has 0 radical (unpaired) electrons. The molecular formula is C11H9F2N3O3S. The number of benzene rings is 1. The van der Waals surface area contributed by atoms with Gasteiger partial charge in [-0.25, -0.2) is 18.2 Å². The predicted octanol–water partition coefficient (Wildman–Crippen LogP) is 1.96. The zero-order chi connectivity index (χ0) is 14.8. The fourth-order valence-electron chi connectivity index (χ4n) is 1.47. The van der Waals surface area contributed by atoms with E-state index in [1.165, 1.54) is 36.9 Å². The minimum Gasteiger partial charge on any atom is -0.306 e. The van der Waals surface area contributed by atoms with Gasteiger partial charge in [-0.3, -0.25) is 4.57 Å². The molecule has 0 saturated carbocycles. The van der Waals surface area contributed by atoms with Crippen LogP contribution in [0.5, 0.6) is 0 Å². The minimum atomic E-state index is -4.79. The number of alkyl halides is 2. The Morgan fingerprint density at radius 1 is 1.30 bits per heavy atom. The van der Waals surface area contributed by atoms with E-state index in [1.807, 2.05) is 0 Å². The Labute approximate surface area is 113 Å². The molecule has 2 aromatic rings. The van der Waals surface area contributed by atoms with Gasteiger partial charge >= 0.3 is 11.8 Å². The molecule has 1 aromatic heterocycles.